The number of non-ortho nitro benzene ring substituents is 1. The molecule has 2 amide bonds. The molecule has 0 saturated heterocycles. The molecule has 29 heavy (non-hydrogen) atoms. The molecule has 0 fully saturated rings. The highest BCUT2D eigenvalue weighted by molar-refractivity contribution is 7.80. The summed E-state index contributed by atoms with van der Waals surface area (Å²) in [5.41, 5.74) is 0.854. The maximum absolute atomic E-state index is 12.2. The van der Waals surface area contributed by atoms with Crippen molar-refractivity contribution in [3.8, 4) is 0 Å². The van der Waals surface area contributed by atoms with Gasteiger partial charge in [-0.05, 0) is 42.9 Å². The monoisotopic (exact) mass is 416 g/mol. The number of hydrogen-bond acceptors (Lipinski definition) is 6. The van der Waals surface area contributed by atoms with Crippen molar-refractivity contribution < 1.29 is 19.2 Å². The quantitative estimate of drug-likeness (QED) is 0.261. The van der Waals surface area contributed by atoms with Crippen LogP contribution in [0.5, 0.6) is 0 Å². The number of nitrogens with zero attached hydrogens (tertiary/aromatic N) is 1. The Hall–Kier alpha value is -3.37. The number of anilines is 1. The molecule has 10 heteroatoms. The fourth-order valence-electron chi connectivity index (χ4n) is 2.36. The van der Waals surface area contributed by atoms with Gasteiger partial charge in [-0.2, -0.15) is 0 Å². The molecule has 0 aliphatic rings. The Morgan fingerprint density at radius 3 is 2.48 bits per heavy atom. The first-order valence-electron chi connectivity index (χ1n) is 8.64. The highest BCUT2D eigenvalue weighted by Crippen LogP contribution is 2.14. The van der Waals surface area contributed by atoms with Gasteiger partial charge >= 0.3 is 0 Å². The Morgan fingerprint density at radius 1 is 1.10 bits per heavy atom. The van der Waals surface area contributed by atoms with Crippen molar-refractivity contribution in [3.63, 3.8) is 0 Å². The zero-order valence-electron chi connectivity index (χ0n) is 15.6. The Kier molecular flexibility index (Phi) is 8.19. The molecule has 0 aliphatic carbocycles. The van der Waals surface area contributed by atoms with E-state index in [4.69, 9.17) is 17.0 Å². The van der Waals surface area contributed by atoms with Crippen molar-refractivity contribution >= 4 is 40.5 Å². The summed E-state index contributed by atoms with van der Waals surface area (Å²) in [6.07, 6.45) is 0.702. The molecule has 3 N–H and O–H groups in total. The van der Waals surface area contributed by atoms with Crippen LogP contribution in [-0.2, 0) is 4.74 Å². The largest absolute Gasteiger partial charge is 0.385 e. The maximum Gasteiger partial charge on any atom is 0.270 e. The van der Waals surface area contributed by atoms with E-state index in [0.29, 0.717) is 30.8 Å². The van der Waals surface area contributed by atoms with Crippen LogP contribution in [0.1, 0.15) is 27.1 Å². The van der Waals surface area contributed by atoms with E-state index >= 15 is 0 Å². The third-order valence-corrected chi connectivity index (χ3v) is 3.94. The fraction of sp³-hybridized carbons (Fsp3) is 0.211. The zero-order chi connectivity index (χ0) is 21.2. The third-order valence-electron chi connectivity index (χ3n) is 3.74. The van der Waals surface area contributed by atoms with Gasteiger partial charge < -0.3 is 15.4 Å². The van der Waals surface area contributed by atoms with Crippen molar-refractivity contribution in [1.82, 2.24) is 10.6 Å². The lowest BCUT2D eigenvalue weighted by Gasteiger charge is -2.11. The number of hydrogen-bond donors (Lipinski definition) is 3. The van der Waals surface area contributed by atoms with Crippen LogP contribution in [-0.4, -0.2) is 42.1 Å². The summed E-state index contributed by atoms with van der Waals surface area (Å²) < 4.78 is 4.93. The van der Waals surface area contributed by atoms with Crippen LogP contribution in [0.15, 0.2) is 48.5 Å². The summed E-state index contributed by atoms with van der Waals surface area (Å²) in [7, 11) is 1.59. The lowest BCUT2D eigenvalue weighted by Crippen LogP contribution is -2.34. The van der Waals surface area contributed by atoms with E-state index in [0.717, 1.165) is 6.07 Å². The van der Waals surface area contributed by atoms with Crippen LogP contribution in [0.3, 0.4) is 0 Å². The number of ether oxygens (including phenoxy) is 1. The second kappa shape index (κ2) is 10.8. The van der Waals surface area contributed by atoms with Crippen LogP contribution in [0, 0.1) is 10.1 Å². The van der Waals surface area contributed by atoms with Crippen molar-refractivity contribution in [2.75, 3.05) is 25.6 Å². The normalized spacial score (nSPS) is 10.1. The van der Waals surface area contributed by atoms with Gasteiger partial charge in [0.15, 0.2) is 5.11 Å². The molecule has 2 aromatic rings. The summed E-state index contributed by atoms with van der Waals surface area (Å²) in [5.74, 6) is -0.824. The number of thiocarbonyl (C=S) groups is 1. The molecule has 0 radical (unpaired) electrons. The minimum absolute atomic E-state index is 0.000779. The predicted octanol–water partition coefficient (Wildman–Crippen LogP) is 2.49. The summed E-state index contributed by atoms with van der Waals surface area (Å²) >= 11 is 5.11. The first-order chi connectivity index (χ1) is 13.9. The molecule has 2 rings (SSSR count). The molecular weight excluding hydrogens is 396 g/mol. The van der Waals surface area contributed by atoms with Crippen LogP contribution >= 0.6 is 12.2 Å². The summed E-state index contributed by atoms with van der Waals surface area (Å²) in [5, 5.41) is 18.9. The highest BCUT2D eigenvalue weighted by Gasteiger charge is 2.13. The number of amides is 2. The highest BCUT2D eigenvalue weighted by atomic mass is 32.1. The Labute approximate surface area is 172 Å². The lowest BCUT2D eigenvalue weighted by atomic mass is 10.2. The van der Waals surface area contributed by atoms with Gasteiger partial charge in [0.05, 0.1) is 4.92 Å². The smallest absolute Gasteiger partial charge is 0.270 e. The zero-order valence-corrected chi connectivity index (χ0v) is 16.5. The number of methoxy groups -OCH3 is 1. The fourth-order valence-corrected chi connectivity index (χ4v) is 2.57. The second-order valence-corrected chi connectivity index (χ2v) is 6.31. The van der Waals surface area contributed by atoms with E-state index in [1.54, 1.807) is 31.4 Å². The molecule has 2 aromatic carbocycles. The standard InChI is InChI=1S/C19H20N4O5S/c1-28-10-4-9-20-17(24)13-5-2-7-15(11-13)21-19(29)22-18(25)14-6-3-8-16(12-14)23(26)27/h2-3,5-8,11-12H,4,9-10H2,1H3,(H,20,24)(H2,21,22,25,29). The van der Waals surface area contributed by atoms with Gasteiger partial charge in [0.1, 0.15) is 0 Å². The Bertz CT molecular complexity index is 919. The topological polar surface area (TPSA) is 123 Å². The number of nitrogens with one attached hydrogen (secondary N) is 3. The van der Waals surface area contributed by atoms with Crippen LogP contribution in [0.4, 0.5) is 11.4 Å². The van der Waals surface area contributed by atoms with Gasteiger partial charge in [0.2, 0.25) is 0 Å². The molecule has 9 nitrogen and oxygen atoms in total. The molecule has 0 bridgehead atoms. The number of benzene rings is 2. The van der Waals surface area contributed by atoms with E-state index in [1.165, 1.54) is 18.2 Å². The number of nitro benzene ring substituents is 1. The first kappa shape index (κ1) is 21.9. The Balaban J connectivity index is 1.95. The van der Waals surface area contributed by atoms with E-state index < -0.39 is 10.8 Å². The molecule has 0 aromatic heterocycles. The van der Waals surface area contributed by atoms with Gasteiger partial charge in [-0.15, -0.1) is 0 Å². The molecule has 152 valence electrons. The van der Waals surface area contributed by atoms with Crippen LogP contribution in [0.25, 0.3) is 0 Å². The molecule has 0 spiro atoms. The van der Waals surface area contributed by atoms with Gasteiger partial charge in [-0.3, -0.25) is 25.0 Å². The van der Waals surface area contributed by atoms with Gasteiger partial charge in [-0.25, -0.2) is 0 Å². The van der Waals surface area contributed by atoms with E-state index in [-0.39, 0.29) is 22.3 Å². The van der Waals surface area contributed by atoms with E-state index in [1.807, 2.05) is 0 Å². The van der Waals surface area contributed by atoms with Gasteiger partial charge in [-0.1, -0.05) is 12.1 Å². The van der Waals surface area contributed by atoms with Gasteiger partial charge in [0, 0.05) is 49.2 Å². The lowest BCUT2D eigenvalue weighted by molar-refractivity contribution is -0.384. The third kappa shape index (κ3) is 6.94. The second-order valence-electron chi connectivity index (χ2n) is 5.90. The first-order valence-corrected chi connectivity index (χ1v) is 9.05. The average molecular weight is 416 g/mol. The SMILES string of the molecule is COCCCNC(=O)c1cccc(NC(=S)NC(=O)c2cccc([N+](=O)[O-])c2)c1. The van der Waals surface area contributed by atoms with Gasteiger partial charge in [0.25, 0.3) is 17.5 Å². The molecule has 0 atom stereocenters. The number of rotatable bonds is 8. The molecule has 0 unspecified atom stereocenters. The minimum Gasteiger partial charge on any atom is -0.385 e. The van der Waals surface area contributed by atoms with E-state index in [2.05, 4.69) is 16.0 Å². The van der Waals surface area contributed by atoms with Crippen molar-refractivity contribution in [3.05, 3.63) is 69.8 Å². The summed E-state index contributed by atoms with van der Waals surface area (Å²) in [6, 6.07) is 11.9. The van der Waals surface area contributed by atoms with Crippen LogP contribution < -0.4 is 16.0 Å². The minimum atomic E-state index is -0.585. The number of carbonyl (C=O) groups excluding carboxylic acids is 2. The Morgan fingerprint density at radius 2 is 1.79 bits per heavy atom. The van der Waals surface area contributed by atoms with Crippen LogP contribution in [0.2, 0.25) is 0 Å². The molecule has 0 saturated carbocycles. The number of carbonyl (C=O) groups is 2. The van der Waals surface area contributed by atoms with Crippen molar-refractivity contribution in [2.45, 2.75) is 6.42 Å². The van der Waals surface area contributed by atoms with Crippen molar-refractivity contribution in [2.24, 2.45) is 0 Å². The van der Waals surface area contributed by atoms with E-state index in [9.17, 15) is 19.7 Å². The predicted molar refractivity (Wildman–Crippen MR) is 112 cm³/mol. The molecule has 0 heterocycles. The summed E-state index contributed by atoms with van der Waals surface area (Å²) in [4.78, 5) is 34.6. The maximum atomic E-state index is 12.2. The molecular formula is C19H20N4O5S. The van der Waals surface area contributed by atoms with Crippen molar-refractivity contribution in [1.29, 1.82) is 0 Å². The summed E-state index contributed by atoms with van der Waals surface area (Å²) in [6.45, 7) is 1.04. The average Bonchev–Trinajstić information content (AvgIpc) is 2.71. The molecule has 0 aliphatic heterocycles. The number of nitro groups is 1.